The summed E-state index contributed by atoms with van der Waals surface area (Å²) in [7, 11) is 0. The van der Waals surface area contributed by atoms with Gasteiger partial charge in [0.2, 0.25) is 0 Å². The van der Waals surface area contributed by atoms with Crippen LogP contribution in [0.2, 0.25) is 0 Å². The normalized spacial score (nSPS) is 13.7. The van der Waals surface area contributed by atoms with Crippen LogP contribution in [0.25, 0.3) is 0 Å². The second kappa shape index (κ2) is 11.2. The molecule has 2 N–H and O–H groups in total. The number of hydrogen-bond donors (Lipinski definition) is 1. The number of carbonyl (C=O) groups excluding carboxylic acids is 2. The molecule has 0 saturated carbocycles. The zero-order valence-electron chi connectivity index (χ0n) is 16.2. The number of thioether (sulfide) groups is 1. The quantitative estimate of drug-likeness (QED) is 0.492. The Morgan fingerprint density at radius 2 is 1.81 bits per heavy atom. The molecule has 2 atom stereocenters. The van der Waals surface area contributed by atoms with Crippen molar-refractivity contribution in [3.05, 3.63) is 35.9 Å². The minimum Gasteiger partial charge on any atom is -0.458 e. The van der Waals surface area contributed by atoms with Gasteiger partial charge in [0.25, 0.3) is 0 Å². The van der Waals surface area contributed by atoms with E-state index in [4.69, 9.17) is 15.2 Å². The summed E-state index contributed by atoms with van der Waals surface area (Å²) in [5.74, 6) is 0.985. The summed E-state index contributed by atoms with van der Waals surface area (Å²) >= 11 is 1.80. The summed E-state index contributed by atoms with van der Waals surface area (Å²) in [4.78, 5) is 23.8. The van der Waals surface area contributed by atoms with Crippen LogP contribution in [0.5, 0.6) is 0 Å². The molecule has 0 spiro atoms. The Bertz CT molecular complexity index is 557. The summed E-state index contributed by atoms with van der Waals surface area (Å²) in [5, 5.41) is 0. The molecule has 0 aliphatic rings. The van der Waals surface area contributed by atoms with Gasteiger partial charge in [0.15, 0.2) is 0 Å². The lowest BCUT2D eigenvalue weighted by molar-refractivity contribution is -0.151. The molecule has 1 aromatic rings. The topological polar surface area (TPSA) is 78.6 Å². The molecule has 0 heterocycles. The smallest absolute Gasteiger partial charge is 0.338 e. The van der Waals surface area contributed by atoms with Crippen LogP contribution in [0.4, 0.5) is 0 Å². The van der Waals surface area contributed by atoms with Crippen LogP contribution >= 0.6 is 11.8 Å². The van der Waals surface area contributed by atoms with E-state index in [1.54, 1.807) is 43.0 Å². The molecule has 0 fully saturated rings. The average molecular weight is 382 g/mol. The van der Waals surface area contributed by atoms with E-state index < -0.39 is 24.1 Å². The van der Waals surface area contributed by atoms with E-state index in [0.717, 1.165) is 17.9 Å². The molecular weight excluding hydrogens is 350 g/mol. The predicted octanol–water partition coefficient (Wildman–Crippen LogP) is 3.66. The highest BCUT2D eigenvalue weighted by atomic mass is 32.2. The van der Waals surface area contributed by atoms with Gasteiger partial charge in [0.05, 0.1) is 5.56 Å². The molecule has 1 aromatic carbocycles. The third-order valence-electron chi connectivity index (χ3n) is 3.65. The first kappa shape index (κ1) is 22.5. The number of carbonyl (C=O) groups is 2. The number of benzene rings is 1. The van der Waals surface area contributed by atoms with E-state index in [1.165, 1.54) is 0 Å². The Labute approximate surface area is 161 Å². The molecule has 0 radical (unpaired) electrons. The van der Waals surface area contributed by atoms with Crippen molar-refractivity contribution in [3.63, 3.8) is 0 Å². The zero-order valence-corrected chi connectivity index (χ0v) is 17.0. The van der Waals surface area contributed by atoms with Crippen molar-refractivity contribution in [1.29, 1.82) is 0 Å². The first-order valence-electron chi connectivity index (χ1n) is 8.95. The highest BCUT2D eigenvalue weighted by molar-refractivity contribution is 7.99. The lowest BCUT2D eigenvalue weighted by Gasteiger charge is -2.18. The molecule has 6 heteroatoms. The largest absolute Gasteiger partial charge is 0.458 e. The van der Waals surface area contributed by atoms with Gasteiger partial charge in [0.1, 0.15) is 18.8 Å². The fraction of sp³-hybridized carbons (Fsp3) is 0.600. The monoisotopic (exact) mass is 381 g/mol. The van der Waals surface area contributed by atoms with Gasteiger partial charge in [-0.1, -0.05) is 39.0 Å². The lowest BCUT2D eigenvalue weighted by atomic mass is 9.94. The van der Waals surface area contributed by atoms with Crippen LogP contribution in [0.1, 0.15) is 50.9 Å². The van der Waals surface area contributed by atoms with E-state index in [0.29, 0.717) is 17.4 Å². The maximum Gasteiger partial charge on any atom is 0.338 e. The van der Waals surface area contributed by atoms with Crippen molar-refractivity contribution in [1.82, 2.24) is 0 Å². The van der Waals surface area contributed by atoms with Crippen molar-refractivity contribution in [2.24, 2.45) is 11.1 Å². The van der Waals surface area contributed by atoms with E-state index in [2.05, 4.69) is 20.8 Å². The van der Waals surface area contributed by atoms with Crippen molar-refractivity contribution in [2.75, 3.05) is 18.1 Å². The first-order chi connectivity index (χ1) is 12.2. The molecule has 2 unspecified atom stereocenters. The average Bonchev–Trinajstić information content (AvgIpc) is 2.58. The molecule has 0 bridgehead atoms. The summed E-state index contributed by atoms with van der Waals surface area (Å²) in [5.41, 5.74) is 6.67. The van der Waals surface area contributed by atoms with Gasteiger partial charge in [0, 0.05) is 0 Å². The molecular formula is C20H31NO4S. The number of ether oxygens (including phenoxy) is 2. The van der Waals surface area contributed by atoms with Crippen molar-refractivity contribution < 1.29 is 19.1 Å². The summed E-state index contributed by atoms with van der Waals surface area (Å²) in [6.45, 7) is 8.32. The summed E-state index contributed by atoms with van der Waals surface area (Å²) in [6, 6.07) is 8.05. The van der Waals surface area contributed by atoms with Crippen LogP contribution < -0.4 is 5.73 Å². The molecule has 0 aliphatic carbocycles. The third-order valence-corrected chi connectivity index (χ3v) is 4.67. The van der Waals surface area contributed by atoms with E-state index in [-0.39, 0.29) is 6.61 Å². The fourth-order valence-corrected chi connectivity index (χ4v) is 3.36. The van der Waals surface area contributed by atoms with E-state index in [1.807, 2.05) is 6.07 Å². The van der Waals surface area contributed by atoms with Crippen LogP contribution in [0, 0.1) is 5.41 Å². The van der Waals surface area contributed by atoms with Crippen molar-refractivity contribution >= 4 is 23.7 Å². The summed E-state index contributed by atoms with van der Waals surface area (Å²) in [6.07, 6.45) is 1.17. The van der Waals surface area contributed by atoms with Gasteiger partial charge in [-0.3, -0.25) is 4.79 Å². The molecule has 0 aliphatic heterocycles. The van der Waals surface area contributed by atoms with E-state index >= 15 is 0 Å². The van der Waals surface area contributed by atoms with Gasteiger partial charge in [-0.05, 0) is 48.8 Å². The van der Waals surface area contributed by atoms with Crippen LogP contribution in [0.3, 0.4) is 0 Å². The Balaban J connectivity index is 2.21. The minimum atomic E-state index is -0.649. The Morgan fingerprint density at radius 3 is 2.42 bits per heavy atom. The molecule has 1 rings (SSSR count). The number of hydrogen-bond acceptors (Lipinski definition) is 6. The Hall–Kier alpha value is -1.53. The molecule has 0 saturated heterocycles. The number of nitrogens with two attached hydrogens (primary N) is 1. The first-order valence-corrected chi connectivity index (χ1v) is 10.1. The van der Waals surface area contributed by atoms with Crippen molar-refractivity contribution in [3.8, 4) is 0 Å². The Morgan fingerprint density at radius 1 is 1.15 bits per heavy atom. The van der Waals surface area contributed by atoms with Gasteiger partial charge in [-0.15, -0.1) is 0 Å². The second-order valence-electron chi connectivity index (χ2n) is 7.53. The van der Waals surface area contributed by atoms with Gasteiger partial charge >= 0.3 is 11.9 Å². The molecule has 0 aromatic heterocycles. The second-order valence-corrected chi connectivity index (χ2v) is 8.75. The van der Waals surface area contributed by atoms with Crippen LogP contribution in [-0.2, 0) is 14.3 Å². The predicted molar refractivity (Wildman–Crippen MR) is 106 cm³/mol. The number of rotatable bonds is 10. The SMILES string of the molecule is CC(COC(=O)c1ccccc1)OC(=O)C(N)CCSCCC(C)(C)C. The third kappa shape index (κ3) is 9.82. The Kier molecular flexibility index (Phi) is 9.73. The maximum absolute atomic E-state index is 12.0. The van der Waals surface area contributed by atoms with Gasteiger partial charge < -0.3 is 15.2 Å². The number of esters is 2. The standard InChI is InChI=1S/C20H31NO4S/c1-15(14-24-18(22)16-8-6-5-7-9-16)25-19(23)17(21)10-12-26-13-11-20(2,3)4/h5-9,15,17H,10-14,21H2,1-4H3. The fourth-order valence-electron chi connectivity index (χ4n) is 1.98. The van der Waals surface area contributed by atoms with Crippen LogP contribution in [-0.4, -0.2) is 42.2 Å². The van der Waals surface area contributed by atoms with Crippen molar-refractivity contribution in [2.45, 2.75) is 52.7 Å². The highest BCUT2D eigenvalue weighted by Crippen LogP contribution is 2.21. The lowest BCUT2D eigenvalue weighted by Crippen LogP contribution is -2.36. The van der Waals surface area contributed by atoms with E-state index in [9.17, 15) is 9.59 Å². The molecule has 146 valence electrons. The van der Waals surface area contributed by atoms with Gasteiger partial charge in [-0.25, -0.2) is 4.79 Å². The zero-order chi connectivity index (χ0) is 19.6. The van der Waals surface area contributed by atoms with Crippen LogP contribution in [0.15, 0.2) is 30.3 Å². The minimum absolute atomic E-state index is 0.00647. The molecule has 0 amide bonds. The maximum atomic E-state index is 12.0. The highest BCUT2D eigenvalue weighted by Gasteiger charge is 2.19. The van der Waals surface area contributed by atoms with Gasteiger partial charge in [-0.2, -0.15) is 11.8 Å². The molecule has 5 nitrogen and oxygen atoms in total. The molecule has 26 heavy (non-hydrogen) atoms. The summed E-state index contributed by atoms with van der Waals surface area (Å²) < 4.78 is 10.4.